The Hall–Kier alpha value is -1.62. The van der Waals surface area contributed by atoms with Crippen LogP contribution in [0.2, 0.25) is 0 Å². The predicted molar refractivity (Wildman–Crippen MR) is 69.3 cm³/mol. The fraction of sp³-hybridized carbons (Fsp3) is 0.571. The molecule has 0 aliphatic carbocycles. The van der Waals surface area contributed by atoms with Crippen LogP contribution in [0.4, 0.5) is 0 Å². The third kappa shape index (κ3) is 6.20. The van der Waals surface area contributed by atoms with Crippen LogP contribution in [0, 0.1) is 0 Å². The van der Waals surface area contributed by atoms with Crippen molar-refractivity contribution in [1.29, 1.82) is 0 Å². The van der Waals surface area contributed by atoms with Gasteiger partial charge in [0.2, 0.25) is 0 Å². The van der Waals surface area contributed by atoms with Crippen molar-refractivity contribution in [3.8, 4) is 0 Å². The van der Waals surface area contributed by atoms with E-state index < -0.39 is 5.97 Å². The van der Waals surface area contributed by atoms with Gasteiger partial charge in [0.05, 0.1) is 13.0 Å². The van der Waals surface area contributed by atoms with E-state index in [1.165, 1.54) is 6.08 Å². The number of cyclic esters (lactones) is 2. The molecule has 0 fully saturated rings. The SMILES string of the molecule is CC1C/C(CO)=C\CC(=O)OC(C)C/C=C/C(=O)O1. The average molecular weight is 268 g/mol. The zero-order valence-corrected chi connectivity index (χ0v) is 11.3. The molecule has 0 aromatic heterocycles. The first-order chi connectivity index (χ1) is 9.01. The van der Waals surface area contributed by atoms with Crippen LogP contribution in [0.5, 0.6) is 0 Å². The molecule has 0 saturated heterocycles. The van der Waals surface area contributed by atoms with E-state index in [4.69, 9.17) is 9.47 Å². The Labute approximate surface area is 112 Å². The summed E-state index contributed by atoms with van der Waals surface area (Å²) in [7, 11) is 0. The molecule has 0 bridgehead atoms. The minimum atomic E-state index is -0.428. The summed E-state index contributed by atoms with van der Waals surface area (Å²) >= 11 is 0. The molecule has 0 radical (unpaired) electrons. The second-order valence-corrected chi connectivity index (χ2v) is 4.61. The molecule has 0 saturated carbocycles. The highest BCUT2D eigenvalue weighted by atomic mass is 16.5. The number of aliphatic hydroxyl groups is 1. The van der Waals surface area contributed by atoms with Gasteiger partial charge in [-0.2, -0.15) is 0 Å². The molecule has 1 rings (SSSR count). The topological polar surface area (TPSA) is 72.8 Å². The van der Waals surface area contributed by atoms with Gasteiger partial charge in [-0.25, -0.2) is 4.79 Å². The molecule has 1 N–H and O–H groups in total. The Morgan fingerprint density at radius 1 is 1.26 bits per heavy atom. The Morgan fingerprint density at radius 3 is 2.68 bits per heavy atom. The predicted octanol–water partition coefficient (Wildman–Crippen LogP) is 1.51. The quantitative estimate of drug-likeness (QED) is 0.576. The molecule has 19 heavy (non-hydrogen) atoms. The molecule has 1 aliphatic rings. The largest absolute Gasteiger partial charge is 0.462 e. The van der Waals surface area contributed by atoms with Gasteiger partial charge in [0.25, 0.3) is 0 Å². The van der Waals surface area contributed by atoms with Gasteiger partial charge in [0.1, 0.15) is 12.2 Å². The second-order valence-electron chi connectivity index (χ2n) is 4.61. The summed E-state index contributed by atoms with van der Waals surface area (Å²) in [5, 5.41) is 9.20. The van der Waals surface area contributed by atoms with Gasteiger partial charge in [-0.1, -0.05) is 12.2 Å². The van der Waals surface area contributed by atoms with Crippen LogP contribution in [0.15, 0.2) is 23.8 Å². The summed E-state index contributed by atoms with van der Waals surface area (Å²) in [6.45, 7) is 3.34. The number of hydrogen-bond acceptors (Lipinski definition) is 5. The van der Waals surface area contributed by atoms with E-state index in [9.17, 15) is 14.7 Å². The smallest absolute Gasteiger partial charge is 0.330 e. The second kappa shape index (κ2) is 7.74. The maximum Gasteiger partial charge on any atom is 0.330 e. The molecule has 0 amide bonds. The lowest BCUT2D eigenvalue weighted by molar-refractivity contribution is -0.147. The Balaban J connectivity index is 2.79. The third-order valence-electron chi connectivity index (χ3n) is 2.68. The normalized spacial score (nSPS) is 30.8. The van der Waals surface area contributed by atoms with E-state index >= 15 is 0 Å². The van der Waals surface area contributed by atoms with Gasteiger partial charge in [0.15, 0.2) is 0 Å². The number of ether oxygens (including phenoxy) is 2. The van der Waals surface area contributed by atoms with Crippen LogP contribution < -0.4 is 0 Å². The van der Waals surface area contributed by atoms with Crippen molar-refractivity contribution in [3.05, 3.63) is 23.8 Å². The molecule has 0 aromatic carbocycles. The van der Waals surface area contributed by atoms with Crippen LogP contribution in [0.3, 0.4) is 0 Å². The van der Waals surface area contributed by atoms with Crippen LogP contribution in [-0.2, 0) is 19.1 Å². The van der Waals surface area contributed by atoms with Gasteiger partial charge >= 0.3 is 11.9 Å². The number of rotatable bonds is 1. The fourth-order valence-corrected chi connectivity index (χ4v) is 1.77. The number of carbonyl (C=O) groups is 2. The molecule has 106 valence electrons. The molecule has 5 heteroatoms. The minimum absolute atomic E-state index is 0.116. The van der Waals surface area contributed by atoms with Crippen molar-refractivity contribution < 1.29 is 24.2 Å². The Bertz CT molecular complexity index is 383. The first kappa shape index (κ1) is 15.4. The third-order valence-corrected chi connectivity index (χ3v) is 2.68. The summed E-state index contributed by atoms with van der Waals surface area (Å²) in [5.41, 5.74) is 0.660. The van der Waals surface area contributed by atoms with Crippen LogP contribution in [0.25, 0.3) is 0 Å². The summed E-state index contributed by atoms with van der Waals surface area (Å²) in [4.78, 5) is 23.0. The maximum absolute atomic E-state index is 11.5. The summed E-state index contributed by atoms with van der Waals surface area (Å²) in [6.07, 6.45) is 4.94. The van der Waals surface area contributed by atoms with Crippen molar-refractivity contribution in [2.75, 3.05) is 6.61 Å². The van der Waals surface area contributed by atoms with Crippen molar-refractivity contribution >= 4 is 11.9 Å². The van der Waals surface area contributed by atoms with Gasteiger partial charge in [-0.3, -0.25) is 4.79 Å². The maximum atomic E-state index is 11.5. The fourth-order valence-electron chi connectivity index (χ4n) is 1.77. The number of esters is 2. The summed E-state index contributed by atoms with van der Waals surface area (Å²) in [5.74, 6) is -0.770. The molecule has 1 aliphatic heterocycles. The monoisotopic (exact) mass is 268 g/mol. The highest BCUT2D eigenvalue weighted by molar-refractivity contribution is 5.82. The van der Waals surface area contributed by atoms with Gasteiger partial charge in [-0.05, 0) is 19.4 Å². The lowest BCUT2D eigenvalue weighted by Crippen LogP contribution is -2.15. The van der Waals surface area contributed by atoms with Gasteiger partial charge in [0, 0.05) is 18.9 Å². The first-order valence-electron chi connectivity index (χ1n) is 6.36. The Morgan fingerprint density at radius 2 is 2.00 bits per heavy atom. The average Bonchev–Trinajstić information content (AvgIpc) is 2.33. The van der Waals surface area contributed by atoms with Crippen molar-refractivity contribution in [1.82, 2.24) is 0 Å². The molecular weight excluding hydrogens is 248 g/mol. The number of hydrogen-bond donors (Lipinski definition) is 1. The molecular formula is C14H20O5. The lowest BCUT2D eigenvalue weighted by atomic mass is 10.1. The van der Waals surface area contributed by atoms with Crippen molar-refractivity contribution in [2.24, 2.45) is 0 Å². The lowest BCUT2D eigenvalue weighted by Gasteiger charge is -2.13. The highest BCUT2D eigenvalue weighted by Crippen LogP contribution is 2.11. The van der Waals surface area contributed by atoms with Crippen molar-refractivity contribution in [2.45, 2.75) is 45.3 Å². The zero-order chi connectivity index (χ0) is 14.3. The van der Waals surface area contributed by atoms with Gasteiger partial charge in [-0.15, -0.1) is 0 Å². The minimum Gasteiger partial charge on any atom is -0.462 e. The van der Waals surface area contributed by atoms with E-state index in [0.717, 1.165) is 0 Å². The van der Waals surface area contributed by atoms with E-state index in [1.807, 2.05) is 0 Å². The van der Waals surface area contributed by atoms with E-state index in [1.54, 1.807) is 26.0 Å². The summed E-state index contributed by atoms with van der Waals surface area (Å²) in [6, 6.07) is 0. The zero-order valence-electron chi connectivity index (χ0n) is 11.3. The number of aliphatic hydroxyl groups excluding tert-OH is 1. The molecule has 1 heterocycles. The highest BCUT2D eigenvalue weighted by Gasteiger charge is 2.13. The van der Waals surface area contributed by atoms with Crippen LogP contribution in [-0.4, -0.2) is 35.9 Å². The number of carbonyl (C=O) groups excluding carboxylic acids is 2. The molecule has 2 unspecified atom stereocenters. The first-order valence-corrected chi connectivity index (χ1v) is 6.36. The molecule has 0 aromatic rings. The van der Waals surface area contributed by atoms with Crippen LogP contribution in [0.1, 0.15) is 33.1 Å². The molecule has 2 atom stereocenters. The van der Waals surface area contributed by atoms with E-state index in [0.29, 0.717) is 18.4 Å². The molecule has 0 spiro atoms. The van der Waals surface area contributed by atoms with Crippen LogP contribution >= 0.6 is 0 Å². The van der Waals surface area contributed by atoms with E-state index in [2.05, 4.69) is 0 Å². The van der Waals surface area contributed by atoms with E-state index in [-0.39, 0.29) is 31.2 Å². The van der Waals surface area contributed by atoms with Crippen molar-refractivity contribution in [3.63, 3.8) is 0 Å². The summed E-state index contributed by atoms with van der Waals surface area (Å²) < 4.78 is 10.3. The van der Waals surface area contributed by atoms with Gasteiger partial charge < -0.3 is 14.6 Å². The standard InChI is InChI=1S/C14H20O5/c1-10-4-3-5-13(16)19-11(2)8-12(9-15)6-7-14(17)18-10/h3,5-6,10-11,15H,4,7-9H2,1-2H3/b5-3+,12-6+. The Kier molecular flexibility index (Phi) is 6.29. The molecule has 5 nitrogen and oxygen atoms in total.